The van der Waals surface area contributed by atoms with Crippen molar-refractivity contribution in [3.05, 3.63) is 94.3 Å². The fourth-order valence-corrected chi connectivity index (χ4v) is 5.72. The summed E-state index contributed by atoms with van der Waals surface area (Å²) in [4.78, 5) is 28.1. The second-order valence-corrected chi connectivity index (χ2v) is 11.7. The molecule has 3 aromatic carbocycles. The minimum Gasteiger partial charge on any atom is -0.354 e. The van der Waals surface area contributed by atoms with Gasteiger partial charge in [-0.25, -0.2) is 12.8 Å². The Balaban J connectivity index is 2.05. The number of benzene rings is 3. The van der Waals surface area contributed by atoms with Crippen LogP contribution in [0.1, 0.15) is 37.0 Å². The molecule has 0 aliphatic carbocycles. The molecule has 1 N–H and O–H groups in total. The highest BCUT2D eigenvalue weighted by Gasteiger charge is 2.33. The standard InChI is InChI=1S/C29H33ClFN3O4S/c1-5-16-32-29(36)22(4)33(18-23-8-11-25(31)12-9-23)28(35)19-34(27-15-10-24(30)17-21(27)3)39(37,38)26-13-6-20(2)7-14-26/h6-15,17,22H,5,16,18-19H2,1-4H3,(H,32,36)/t22-/m0/s1. The fraction of sp³-hybridized carbons (Fsp3) is 0.310. The molecule has 0 fully saturated rings. The van der Waals surface area contributed by atoms with Crippen LogP contribution >= 0.6 is 11.6 Å². The Kier molecular flexibility index (Phi) is 10.1. The molecule has 39 heavy (non-hydrogen) atoms. The van der Waals surface area contributed by atoms with E-state index >= 15 is 0 Å². The Morgan fingerprint density at radius 1 is 1.00 bits per heavy atom. The van der Waals surface area contributed by atoms with E-state index < -0.39 is 34.3 Å². The summed E-state index contributed by atoms with van der Waals surface area (Å²) in [6.07, 6.45) is 0.711. The predicted octanol–water partition coefficient (Wildman–Crippen LogP) is 5.23. The molecule has 0 heterocycles. The largest absolute Gasteiger partial charge is 0.354 e. The third-order valence-corrected chi connectivity index (χ3v) is 8.31. The van der Waals surface area contributed by atoms with Gasteiger partial charge in [-0.3, -0.25) is 13.9 Å². The first-order valence-corrected chi connectivity index (χ1v) is 14.4. The molecule has 2 amide bonds. The van der Waals surface area contributed by atoms with Crippen LogP contribution in [0.25, 0.3) is 0 Å². The van der Waals surface area contributed by atoms with Crippen molar-refractivity contribution in [2.24, 2.45) is 0 Å². The molecular formula is C29H33ClFN3O4S. The third-order valence-electron chi connectivity index (χ3n) is 6.30. The summed E-state index contributed by atoms with van der Waals surface area (Å²) in [6.45, 7) is 6.90. The van der Waals surface area contributed by atoms with Gasteiger partial charge in [0.15, 0.2) is 0 Å². The Morgan fingerprint density at radius 2 is 1.64 bits per heavy atom. The molecule has 1 atom stereocenters. The zero-order chi connectivity index (χ0) is 28.7. The number of anilines is 1. The van der Waals surface area contributed by atoms with Crippen LogP contribution < -0.4 is 9.62 Å². The molecule has 10 heteroatoms. The highest BCUT2D eigenvalue weighted by molar-refractivity contribution is 7.92. The van der Waals surface area contributed by atoms with E-state index in [4.69, 9.17) is 11.6 Å². The average Bonchev–Trinajstić information content (AvgIpc) is 2.90. The summed E-state index contributed by atoms with van der Waals surface area (Å²) in [7, 11) is -4.18. The summed E-state index contributed by atoms with van der Waals surface area (Å²) in [5.74, 6) is -1.40. The van der Waals surface area contributed by atoms with E-state index in [1.54, 1.807) is 44.2 Å². The summed E-state index contributed by atoms with van der Waals surface area (Å²) in [6, 6.07) is 15.8. The zero-order valence-corrected chi connectivity index (χ0v) is 24.0. The number of nitrogens with one attached hydrogen (secondary N) is 1. The Morgan fingerprint density at radius 3 is 2.23 bits per heavy atom. The van der Waals surface area contributed by atoms with Crippen LogP contribution in [0.4, 0.5) is 10.1 Å². The van der Waals surface area contributed by atoms with Crippen LogP contribution in [-0.2, 0) is 26.2 Å². The normalized spacial score (nSPS) is 12.1. The molecule has 3 aromatic rings. The Hall–Kier alpha value is -3.43. The molecule has 0 bridgehead atoms. The smallest absolute Gasteiger partial charge is 0.264 e. The molecule has 208 valence electrons. The molecule has 0 aliphatic rings. The van der Waals surface area contributed by atoms with Gasteiger partial charge in [0.1, 0.15) is 18.4 Å². The molecule has 0 saturated heterocycles. The lowest BCUT2D eigenvalue weighted by Crippen LogP contribution is -2.51. The maximum absolute atomic E-state index is 13.9. The molecular weight excluding hydrogens is 541 g/mol. The molecule has 7 nitrogen and oxygen atoms in total. The monoisotopic (exact) mass is 573 g/mol. The molecule has 0 aliphatic heterocycles. The number of amides is 2. The van der Waals surface area contributed by atoms with Crippen LogP contribution in [-0.4, -0.2) is 44.3 Å². The number of sulfonamides is 1. The van der Waals surface area contributed by atoms with Crippen molar-refractivity contribution < 1.29 is 22.4 Å². The first-order valence-electron chi connectivity index (χ1n) is 12.6. The van der Waals surface area contributed by atoms with E-state index in [1.165, 1.54) is 41.3 Å². The van der Waals surface area contributed by atoms with Crippen molar-refractivity contribution in [1.82, 2.24) is 10.2 Å². The highest BCUT2D eigenvalue weighted by atomic mass is 35.5. The third kappa shape index (κ3) is 7.58. The van der Waals surface area contributed by atoms with Gasteiger partial charge in [-0.2, -0.15) is 0 Å². The second-order valence-electron chi connectivity index (χ2n) is 9.37. The van der Waals surface area contributed by atoms with Gasteiger partial charge >= 0.3 is 0 Å². The van der Waals surface area contributed by atoms with Gasteiger partial charge < -0.3 is 10.2 Å². The van der Waals surface area contributed by atoms with Gasteiger partial charge in [-0.05, 0) is 80.8 Å². The number of carbonyl (C=O) groups is 2. The molecule has 0 unspecified atom stereocenters. The second kappa shape index (κ2) is 13.1. The number of rotatable bonds is 11. The fourth-order valence-electron chi connectivity index (χ4n) is 4.01. The van der Waals surface area contributed by atoms with Crippen molar-refractivity contribution in [3.63, 3.8) is 0 Å². The van der Waals surface area contributed by atoms with E-state index in [1.807, 2.05) is 13.8 Å². The first-order chi connectivity index (χ1) is 18.4. The van der Waals surface area contributed by atoms with Gasteiger partial charge in [0.2, 0.25) is 11.8 Å². The molecule has 0 saturated carbocycles. The summed E-state index contributed by atoms with van der Waals surface area (Å²) < 4.78 is 42.3. The number of hydrogen-bond donors (Lipinski definition) is 1. The van der Waals surface area contributed by atoms with E-state index in [9.17, 15) is 22.4 Å². The molecule has 0 spiro atoms. The molecule has 0 radical (unpaired) electrons. The van der Waals surface area contributed by atoms with Crippen LogP contribution in [0.15, 0.2) is 71.6 Å². The lowest BCUT2D eigenvalue weighted by atomic mass is 10.1. The van der Waals surface area contributed by atoms with Gasteiger partial charge in [0.25, 0.3) is 10.0 Å². The van der Waals surface area contributed by atoms with Crippen molar-refractivity contribution in [1.29, 1.82) is 0 Å². The minimum absolute atomic E-state index is 0.0160. The van der Waals surface area contributed by atoms with Crippen LogP contribution in [0.5, 0.6) is 0 Å². The topological polar surface area (TPSA) is 86.8 Å². The Bertz CT molecular complexity index is 1410. The zero-order valence-electron chi connectivity index (χ0n) is 22.4. The summed E-state index contributed by atoms with van der Waals surface area (Å²) >= 11 is 6.13. The van der Waals surface area contributed by atoms with Gasteiger partial charge in [0, 0.05) is 18.1 Å². The number of hydrogen-bond acceptors (Lipinski definition) is 4. The van der Waals surface area contributed by atoms with Crippen molar-refractivity contribution >= 4 is 39.1 Å². The quantitative estimate of drug-likeness (QED) is 0.340. The van der Waals surface area contributed by atoms with Gasteiger partial charge in [-0.15, -0.1) is 0 Å². The average molecular weight is 574 g/mol. The number of halogens is 2. The molecule has 0 aromatic heterocycles. The number of carbonyl (C=O) groups excluding carboxylic acids is 2. The number of aryl methyl sites for hydroxylation is 2. The van der Waals surface area contributed by atoms with Crippen molar-refractivity contribution in [3.8, 4) is 0 Å². The van der Waals surface area contributed by atoms with E-state index in [0.29, 0.717) is 29.1 Å². The minimum atomic E-state index is -4.18. The van der Waals surface area contributed by atoms with E-state index in [-0.39, 0.29) is 23.0 Å². The predicted molar refractivity (Wildman–Crippen MR) is 152 cm³/mol. The van der Waals surface area contributed by atoms with Crippen molar-refractivity contribution in [2.45, 2.75) is 51.6 Å². The van der Waals surface area contributed by atoms with Crippen molar-refractivity contribution in [2.75, 3.05) is 17.4 Å². The molecule has 3 rings (SSSR count). The summed E-state index contributed by atoms with van der Waals surface area (Å²) in [5, 5.41) is 3.21. The maximum Gasteiger partial charge on any atom is 0.264 e. The van der Waals surface area contributed by atoms with Gasteiger partial charge in [0.05, 0.1) is 10.6 Å². The SMILES string of the molecule is CCCNC(=O)[C@H](C)N(Cc1ccc(F)cc1)C(=O)CN(c1ccc(Cl)cc1C)S(=O)(=O)c1ccc(C)cc1. The lowest BCUT2D eigenvalue weighted by Gasteiger charge is -2.32. The lowest BCUT2D eigenvalue weighted by molar-refractivity contribution is -0.139. The highest BCUT2D eigenvalue weighted by Crippen LogP contribution is 2.29. The Labute approximate surface area is 234 Å². The van der Waals surface area contributed by atoms with Gasteiger partial charge in [-0.1, -0.05) is 48.4 Å². The van der Waals surface area contributed by atoms with Crippen LogP contribution in [0.3, 0.4) is 0 Å². The maximum atomic E-state index is 13.9. The van der Waals surface area contributed by atoms with Crippen LogP contribution in [0, 0.1) is 19.7 Å². The van der Waals surface area contributed by atoms with E-state index in [0.717, 1.165) is 9.87 Å². The van der Waals surface area contributed by atoms with E-state index in [2.05, 4.69) is 5.32 Å². The summed E-state index contributed by atoms with van der Waals surface area (Å²) in [5.41, 5.74) is 2.33. The number of nitrogens with zero attached hydrogens (tertiary/aromatic N) is 2. The van der Waals surface area contributed by atoms with Crippen LogP contribution in [0.2, 0.25) is 5.02 Å². The first kappa shape index (κ1) is 30.1.